The van der Waals surface area contributed by atoms with E-state index >= 15 is 0 Å². The summed E-state index contributed by atoms with van der Waals surface area (Å²) in [5, 5.41) is 14.9. The van der Waals surface area contributed by atoms with Crippen LogP contribution in [0.15, 0.2) is 174 Å². The van der Waals surface area contributed by atoms with Gasteiger partial charge in [-0.2, -0.15) is 0 Å². The van der Waals surface area contributed by atoms with Crippen molar-refractivity contribution in [3.63, 3.8) is 0 Å². The molecule has 11 rings (SSSR count). The van der Waals surface area contributed by atoms with Gasteiger partial charge in [0, 0.05) is 10.8 Å². The molecule has 0 bridgehead atoms. The zero-order valence-corrected chi connectivity index (χ0v) is 26.6. The molecule has 0 aliphatic heterocycles. The van der Waals surface area contributed by atoms with Crippen LogP contribution in [0.1, 0.15) is 0 Å². The second-order valence-corrected chi connectivity index (χ2v) is 13.1. The van der Waals surface area contributed by atoms with Gasteiger partial charge in [0.05, 0.1) is 0 Å². The molecular weight excluding hydrogens is 593 g/mol. The minimum atomic E-state index is 0.937. The maximum Gasteiger partial charge on any atom is 0.136 e. The van der Waals surface area contributed by atoms with Gasteiger partial charge in [0.1, 0.15) is 11.2 Å². The highest BCUT2D eigenvalue weighted by atomic mass is 16.3. The van der Waals surface area contributed by atoms with Crippen LogP contribution in [0.3, 0.4) is 0 Å². The van der Waals surface area contributed by atoms with Crippen LogP contribution in [0.2, 0.25) is 0 Å². The van der Waals surface area contributed by atoms with Crippen LogP contribution in [0, 0.1) is 0 Å². The zero-order valence-electron chi connectivity index (χ0n) is 26.6. The predicted molar refractivity (Wildman–Crippen MR) is 209 cm³/mol. The molecule has 49 heavy (non-hydrogen) atoms. The summed E-state index contributed by atoms with van der Waals surface area (Å²) in [6.45, 7) is 0. The second-order valence-electron chi connectivity index (χ2n) is 13.1. The number of rotatable bonds is 3. The molecule has 0 fully saturated rings. The first-order valence-corrected chi connectivity index (χ1v) is 16.9. The molecule has 1 aromatic heterocycles. The topological polar surface area (TPSA) is 13.1 Å². The Balaban J connectivity index is 1.26. The summed E-state index contributed by atoms with van der Waals surface area (Å²) in [6, 6.07) is 62.2. The van der Waals surface area contributed by atoms with E-state index < -0.39 is 0 Å². The molecule has 0 N–H and O–H groups in total. The summed E-state index contributed by atoms with van der Waals surface area (Å²) in [7, 11) is 0. The molecule has 1 heteroatoms. The van der Waals surface area contributed by atoms with Gasteiger partial charge in [0.25, 0.3) is 0 Å². The molecule has 10 aromatic carbocycles. The number of hydrogen-bond donors (Lipinski definition) is 0. The van der Waals surface area contributed by atoms with Crippen molar-refractivity contribution < 1.29 is 4.42 Å². The number of hydrogen-bond acceptors (Lipinski definition) is 1. The van der Waals surface area contributed by atoms with E-state index in [2.05, 4.69) is 170 Å². The summed E-state index contributed by atoms with van der Waals surface area (Å²) in [4.78, 5) is 0. The fourth-order valence-corrected chi connectivity index (χ4v) is 8.59. The maximum atomic E-state index is 6.37. The highest BCUT2D eigenvalue weighted by Gasteiger charge is 2.22. The Labute approximate surface area is 282 Å². The molecule has 226 valence electrons. The molecular formula is C48H28O. The average Bonchev–Trinajstić information content (AvgIpc) is 3.56. The zero-order chi connectivity index (χ0) is 32.1. The maximum absolute atomic E-state index is 6.37. The minimum absolute atomic E-state index is 0.937. The van der Waals surface area contributed by atoms with Gasteiger partial charge in [0.15, 0.2) is 0 Å². The van der Waals surface area contributed by atoms with Gasteiger partial charge in [-0.1, -0.05) is 152 Å². The van der Waals surface area contributed by atoms with Gasteiger partial charge in [0.2, 0.25) is 0 Å². The van der Waals surface area contributed by atoms with Crippen LogP contribution in [-0.4, -0.2) is 0 Å². The monoisotopic (exact) mass is 620 g/mol. The third kappa shape index (κ3) is 3.70. The third-order valence-corrected chi connectivity index (χ3v) is 10.6. The molecule has 1 nitrogen and oxygen atoms in total. The Morgan fingerprint density at radius 3 is 1.51 bits per heavy atom. The Morgan fingerprint density at radius 2 is 0.755 bits per heavy atom. The van der Waals surface area contributed by atoms with E-state index in [4.69, 9.17) is 4.42 Å². The molecule has 11 aromatic rings. The molecule has 0 saturated heterocycles. The smallest absolute Gasteiger partial charge is 0.136 e. The lowest BCUT2D eigenvalue weighted by Crippen LogP contribution is -1.94. The lowest BCUT2D eigenvalue weighted by atomic mass is 9.82. The largest absolute Gasteiger partial charge is 0.456 e. The summed E-state index contributed by atoms with van der Waals surface area (Å²) in [5.74, 6) is 0. The van der Waals surface area contributed by atoms with Gasteiger partial charge < -0.3 is 4.42 Å². The number of benzene rings is 10. The molecule has 0 spiro atoms. The predicted octanol–water partition coefficient (Wildman–Crippen LogP) is 13.8. The normalized spacial score (nSPS) is 12.1. The van der Waals surface area contributed by atoms with Gasteiger partial charge in [-0.05, 0) is 105 Å². The van der Waals surface area contributed by atoms with Gasteiger partial charge >= 0.3 is 0 Å². The molecule has 0 aliphatic rings. The van der Waals surface area contributed by atoms with E-state index in [1.807, 2.05) is 0 Å². The van der Waals surface area contributed by atoms with Gasteiger partial charge in [-0.15, -0.1) is 0 Å². The highest BCUT2D eigenvalue weighted by molar-refractivity contribution is 6.29. The van der Waals surface area contributed by atoms with E-state index in [0.29, 0.717) is 0 Å². The molecule has 0 atom stereocenters. The number of fused-ring (bicyclic) bond motifs is 5. The summed E-state index contributed by atoms with van der Waals surface area (Å²) in [5.41, 5.74) is 9.38. The molecule has 0 saturated carbocycles. The molecule has 0 amide bonds. The molecule has 0 radical (unpaired) electrons. The Hall–Kier alpha value is -6.44. The van der Waals surface area contributed by atoms with Crippen LogP contribution < -0.4 is 0 Å². The van der Waals surface area contributed by atoms with Crippen molar-refractivity contribution >= 4 is 75.8 Å². The second kappa shape index (κ2) is 10.0. The van der Waals surface area contributed by atoms with Crippen molar-refractivity contribution in [2.75, 3.05) is 0 Å². The van der Waals surface area contributed by atoms with E-state index in [1.165, 1.54) is 98.0 Å². The highest BCUT2D eigenvalue weighted by Crippen LogP contribution is 2.49. The number of furan rings is 1. The van der Waals surface area contributed by atoms with Crippen LogP contribution in [0.25, 0.3) is 109 Å². The first kappa shape index (κ1) is 26.6. The van der Waals surface area contributed by atoms with Crippen LogP contribution >= 0.6 is 0 Å². The summed E-state index contributed by atoms with van der Waals surface area (Å²) >= 11 is 0. The van der Waals surface area contributed by atoms with E-state index in [-0.39, 0.29) is 0 Å². The standard InChI is InChI=1S/C48H28O/c1-2-14-32-29(11-1)23-24-30-12-9-21-34(44(30)32)33-15-3-4-16-35(33)46-36-17-5-7-19-38(36)47(39-20-8-6-18-37(39)46)40-27-28-43-48-41(40)26-25-31-13-10-22-42(49-43)45(31)48/h1-28H. The van der Waals surface area contributed by atoms with Crippen LogP contribution in [0.4, 0.5) is 0 Å². The first-order chi connectivity index (χ1) is 24.3. The summed E-state index contributed by atoms with van der Waals surface area (Å²) < 4.78 is 6.37. The van der Waals surface area contributed by atoms with E-state index in [0.717, 1.165) is 11.2 Å². The lowest BCUT2D eigenvalue weighted by molar-refractivity contribution is 0.669. The first-order valence-electron chi connectivity index (χ1n) is 16.9. The molecule has 0 aliphatic carbocycles. The van der Waals surface area contributed by atoms with Crippen molar-refractivity contribution in [1.82, 2.24) is 0 Å². The minimum Gasteiger partial charge on any atom is -0.456 e. The van der Waals surface area contributed by atoms with Crippen molar-refractivity contribution in [1.29, 1.82) is 0 Å². The van der Waals surface area contributed by atoms with E-state index in [9.17, 15) is 0 Å². The van der Waals surface area contributed by atoms with Crippen molar-refractivity contribution in [2.24, 2.45) is 0 Å². The fourth-order valence-electron chi connectivity index (χ4n) is 8.59. The average molecular weight is 621 g/mol. The van der Waals surface area contributed by atoms with Crippen molar-refractivity contribution in [3.8, 4) is 33.4 Å². The van der Waals surface area contributed by atoms with Crippen LogP contribution in [-0.2, 0) is 0 Å². The lowest BCUT2D eigenvalue weighted by Gasteiger charge is -2.21. The summed E-state index contributed by atoms with van der Waals surface area (Å²) in [6.07, 6.45) is 0. The van der Waals surface area contributed by atoms with Crippen LogP contribution in [0.5, 0.6) is 0 Å². The van der Waals surface area contributed by atoms with Crippen molar-refractivity contribution in [3.05, 3.63) is 170 Å². The molecule has 1 heterocycles. The van der Waals surface area contributed by atoms with E-state index in [1.54, 1.807) is 0 Å². The van der Waals surface area contributed by atoms with Gasteiger partial charge in [-0.3, -0.25) is 0 Å². The Morgan fingerprint density at radius 1 is 0.245 bits per heavy atom. The third-order valence-electron chi connectivity index (χ3n) is 10.6. The SMILES string of the molecule is c1ccc(-c2cccc3ccc4ccccc4c23)c(-c2c3ccccc3c(-c3ccc4oc5cccc6ccc3c4c65)c3ccccc23)c1. The fraction of sp³-hybridized carbons (Fsp3) is 0. The van der Waals surface area contributed by atoms with Gasteiger partial charge in [-0.25, -0.2) is 0 Å². The van der Waals surface area contributed by atoms with Crippen molar-refractivity contribution in [2.45, 2.75) is 0 Å². The Bertz CT molecular complexity index is 3050. The molecule has 0 unspecified atom stereocenters. The quantitative estimate of drug-likeness (QED) is 0.141. The Kier molecular flexibility index (Phi) is 5.45.